The Labute approximate surface area is 137 Å². The molecule has 2 heterocycles. The largest absolute Gasteiger partial charge is 0.444 e. The Balaban J connectivity index is 2.05. The minimum atomic E-state index is -0.473. The van der Waals surface area contributed by atoms with Crippen molar-refractivity contribution < 1.29 is 9.53 Å². The molecular formula is C16H24ClN3O2. The number of rotatable bonds is 1. The second-order valence-corrected chi connectivity index (χ2v) is 7.18. The molecule has 1 fully saturated rings. The second-order valence-electron chi connectivity index (χ2n) is 6.79. The van der Waals surface area contributed by atoms with Gasteiger partial charge in [0, 0.05) is 25.7 Å². The molecule has 0 N–H and O–H groups in total. The fourth-order valence-electron chi connectivity index (χ4n) is 2.53. The van der Waals surface area contributed by atoms with E-state index in [-0.39, 0.29) is 12.1 Å². The van der Waals surface area contributed by atoms with Gasteiger partial charge in [0.2, 0.25) is 0 Å². The molecule has 6 heteroatoms. The Kier molecular flexibility index (Phi) is 4.85. The molecule has 1 aliphatic heterocycles. The number of carbonyl (C=O) groups is 1. The highest BCUT2D eigenvalue weighted by molar-refractivity contribution is 6.29. The van der Waals surface area contributed by atoms with E-state index in [1.165, 1.54) is 0 Å². The molecule has 1 aromatic heterocycles. The fourth-order valence-corrected chi connectivity index (χ4v) is 2.79. The number of hydrogen-bond donors (Lipinski definition) is 0. The molecule has 2 rings (SSSR count). The summed E-state index contributed by atoms with van der Waals surface area (Å²) in [7, 11) is 0. The van der Waals surface area contributed by atoms with Crippen LogP contribution >= 0.6 is 11.6 Å². The van der Waals surface area contributed by atoms with Crippen LogP contribution in [0.15, 0.2) is 12.1 Å². The third kappa shape index (κ3) is 4.26. The number of hydrogen-bond acceptors (Lipinski definition) is 4. The van der Waals surface area contributed by atoms with Crippen LogP contribution in [0.2, 0.25) is 5.15 Å². The van der Waals surface area contributed by atoms with Crippen LogP contribution in [-0.2, 0) is 4.74 Å². The number of ether oxygens (including phenoxy) is 1. The third-order valence-electron chi connectivity index (χ3n) is 3.50. The number of piperazine rings is 1. The summed E-state index contributed by atoms with van der Waals surface area (Å²) >= 11 is 6.04. The smallest absolute Gasteiger partial charge is 0.410 e. The van der Waals surface area contributed by atoms with E-state index in [9.17, 15) is 4.79 Å². The highest BCUT2D eigenvalue weighted by Gasteiger charge is 2.31. The van der Waals surface area contributed by atoms with Gasteiger partial charge in [-0.2, -0.15) is 0 Å². The van der Waals surface area contributed by atoms with Crippen molar-refractivity contribution in [3.05, 3.63) is 22.8 Å². The zero-order chi connectivity index (χ0) is 16.5. The molecule has 0 aliphatic carbocycles. The first-order valence-electron chi connectivity index (χ1n) is 7.54. The highest BCUT2D eigenvalue weighted by atomic mass is 35.5. The van der Waals surface area contributed by atoms with Crippen molar-refractivity contribution in [3.8, 4) is 0 Å². The van der Waals surface area contributed by atoms with Gasteiger partial charge in [-0.05, 0) is 52.3 Å². The molecule has 5 nitrogen and oxygen atoms in total. The molecule has 0 radical (unpaired) electrons. The fraction of sp³-hybridized carbons (Fsp3) is 0.625. The molecule has 1 unspecified atom stereocenters. The lowest BCUT2D eigenvalue weighted by Crippen LogP contribution is -2.55. The van der Waals surface area contributed by atoms with Gasteiger partial charge < -0.3 is 14.5 Å². The standard InChI is InChI=1S/C16H24ClN3O2/c1-11-8-13(17)18-14(9-11)19-6-7-20(12(2)10-19)15(21)22-16(3,4)5/h8-9,12H,6-7,10H2,1-5H3. The summed E-state index contributed by atoms with van der Waals surface area (Å²) in [4.78, 5) is 20.5. The summed E-state index contributed by atoms with van der Waals surface area (Å²) in [6.07, 6.45) is -0.255. The maximum Gasteiger partial charge on any atom is 0.410 e. The van der Waals surface area contributed by atoms with Crippen molar-refractivity contribution in [1.82, 2.24) is 9.88 Å². The molecule has 1 aromatic rings. The van der Waals surface area contributed by atoms with Gasteiger partial charge >= 0.3 is 6.09 Å². The van der Waals surface area contributed by atoms with Gasteiger partial charge in [0.15, 0.2) is 0 Å². The van der Waals surface area contributed by atoms with E-state index in [0.29, 0.717) is 18.2 Å². The van der Waals surface area contributed by atoms with E-state index in [1.54, 1.807) is 4.90 Å². The summed E-state index contributed by atoms with van der Waals surface area (Å²) in [6.45, 7) is 11.7. The Morgan fingerprint density at radius 1 is 1.36 bits per heavy atom. The highest BCUT2D eigenvalue weighted by Crippen LogP contribution is 2.22. The summed E-state index contributed by atoms with van der Waals surface area (Å²) in [5.74, 6) is 0.862. The van der Waals surface area contributed by atoms with Crippen molar-refractivity contribution >= 4 is 23.5 Å². The summed E-state index contributed by atoms with van der Waals surface area (Å²) < 4.78 is 5.46. The lowest BCUT2D eigenvalue weighted by molar-refractivity contribution is 0.0158. The number of pyridine rings is 1. The van der Waals surface area contributed by atoms with Crippen LogP contribution in [-0.4, -0.2) is 47.3 Å². The summed E-state index contributed by atoms with van der Waals surface area (Å²) in [5.41, 5.74) is 0.608. The number of halogens is 1. The topological polar surface area (TPSA) is 45.7 Å². The van der Waals surface area contributed by atoms with E-state index in [0.717, 1.165) is 17.9 Å². The zero-order valence-electron chi connectivity index (χ0n) is 13.9. The van der Waals surface area contributed by atoms with Crippen LogP contribution in [0.1, 0.15) is 33.3 Å². The van der Waals surface area contributed by atoms with Crippen molar-refractivity contribution in [1.29, 1.82) is 0 Å². The van der Waals surface area contributed by atoms with Crippen LogP contribution in [0.25, 0.3) is 0 Å². The lowest BCUT2D eigenvalue weighted by Gasteiger charge is -2.40. The minimum Gasteiger partial charge on any atom is -0.444 e. The van der Waals surface area contributed by atoms with Gasteiger partial charge in [-0.15, -0.1) is 0 Å². The van der Waals surface area contributed by atoms with E-state index in [1.807, 2.05) is 46.8 Å². The monoisotopic (exact) mass is 325 g/mol. The molecule has 1 amide bonds. The average molecular weight is 326 g/mol. The van der Waals surface area contributed by atoms with Gasteiger partial charge in [0.05, 0.1) is 0 Å². The van der Waals surface area contributed by atoms with E-state index >= 15 is 0 Å². The number of nitrogens with zero attached hydrogens (tertiary/aromatic N) is 3. The third-order valence-corrected chi connectivity index (χ3v) is 3.70. The van der Waals surface area contributed by atoms with Crippen LogP contribution in [0.4, 0.5) is 10.6 Å². The molecular weight excluding hydrogens is 302 g/mol. The van der Waals surface area contributed by atoms with Crippen molar-refractivity contribution in [2.24, 2.45) is 0 Å². The first kappa shape index (κ1) is 16.9. The molecule has 0 bridgehead atoms. The predicted molar refractivity (Wildman–Crippen MR) is 88.6 cm³/mol. The van der Waals surface area contributed by atoms with Crippen LogP contribution in [0, 0.1) is 6.92 Å². The van der Waals surface area contributed by atoms with Crippen molar-refractivity contribution in [2.75, 3.05) is 24.5 Å². The van der Waals surface area contributed by atoms with E-state index < -0.39 is 5.60 Å². The molecule has 0 saturated carbocycles. The van der Waals surface area contributed by atoms with Crippen LogP contribution in [0.5, 0.6) is 0 Å². The number of anilines is 1. The lowest BCUT2D eigenvalue weighted by atomic mass is 10.2. The maximum atomic E-state index is 12.2. The van der Waals surface area contributed by atoms with Gasteiger partial charge in [0.1, 0.15) is 16.6 Å². The van der Waals surface area contributed by atoms with Crippen LogP contribution in [0.3, 0.4) is 0 Å². The molecule has 122 valence electrons. The number of carbonyl (C=O) groups excluding carboxylic acids is 1. The number of amides is 1. The Hall–Kier alpha value is -1.49. The maximum absolute atomic E-state index is 12.2. The second kappa shape index (κ2) is 6.32. The summed E-state index contributed by atoms with van der Waals surface area (Å²) in [5, 5.41) is 0.497. The average Bonchev–Trinajstić information content (AvgIpc) is 2.35. The van der Waals surface area contributed by atoms with Crippen molar-refractivity contribution in [2.45, 2.75) is 46.3 Å². The van der Waals surface area contributed by atoms with Crippen molar-refractivity contribution in [3.63, 3.8) is 0 Å². The molecule has 0 spiro atoms. The van der Waals surface area contributed by atoms with E-state index in [4.69, 9.17) is 16.3 Å². The quantitative estimate of drug-likeness (QED) is 0.741. The van der Waals surface area contributed by atoms with Gasteiger partial charge in [-0.1, -0.05) is 11.6 Å². The van der Waals surface area contributed by atoms with Gasteiger partial charge in [-0.25, -0.2) is 9.78 Å². The Morgan fingerprint density at radius 3 is 2.59 bits per heavy atom. The molecule has 1 saturated heterocycles. The van der Waals surface area contributed by atoms with Gasteiger partial charge in [0.25, 0.3) is 0 Å². The molecule has 1 atom stereocenters. The first-order valence-corrected chi connectivity index (χ1v) is 7.92. The Morgan fingerprint density at radius 2 is 2.05 bits per heavy atom. The normalized spacial score (nSPS) is 19.3. The molecule has 22 heavy (non-hydrogen) atoms. The predicted octanol–water partition coefficient (Wildman–Crippen LogP) is 3.49. The van der Waals surface area contributed by atoms with E-state index in [2.05, 4.69) is 9.88 Å². The SMILES string of the molecule is Cc1cc(Cl)nc(N2CCN(C(=O)OC(C)(C)C)C(C)C2)c1. The number of aromatic nitrogens is 1. The molecule has 1 aliphatic rings. The minimum absolute atomic E-state index is 0.0599. The zero-order valence-corrected chi connectivity index (χ0v) is 14.6. The number of aryl methyl sites for hydroxylation is 1. The summed E-state index contributed by atoms with van der Waals surface area (Å²) in [6, 6.07) is 3.91. The molecule has 0 aromatic carbocycles. The van der Waals surface area contributed by atoms with Crippen LogP contribution < -0.4 is 4.90 Å². The van der Waals surface area contributed by atoms with Gasteiger partial charge in [-0.3, -0.25) is 0 Å². The first-order chi connectivity index (χ1) is 10.2. The Bertz CT molecular complexity index is 537.